The summed E-state index contributed by atoms with van der Waals surface area (Å²) in [4.78, 5) is 0. The molecule has 0 bridgehead atoms. The van der Waals surface area contributed by atoms with Crippen molar-refractivity contribution in [2.45, 2.75) is 19.8 Å². The van der Waals surface area contributed by atoms with Gasteiger partial charge < -0.3 is 10.5 Å². The molecule has 2 nitrogen and oxygen atoms in total. The van der Waals surface area contributed by atoms with E-state index in [4.69, 9.17) is 10.5 Å². The molecule has 2 aromatic rings. The number of nitrogen functional groups attached to an aromatic ring is 1. The second-order valence-electron chi connectivity index (χ2n) is 4.52. The minimum Gasteiger partial charge on any atom is -0.493 e. The van der Waals surface area contributed by atoms with Gasteiger partial charge in [0.2, 0.25) is 0 Å². The van der Waals surface area contributed by atoms with Crippen molar-refractivity contribution in [3.8, 4) is 5.75 Å². The van der Waals surface area contributed by atoms with Gasteiger partial charge in [-0.3, -0.25) is 0 Å². The van der Waals surface area contributed by atoms with Crippen LogP contribution in [-0.2, 0) is 6.42 Å². The molecule has 0 fully saturated rings. The van der Waals surface area contributed by atoms with E-state index < -0.39 is 0 Å². The fourth-order valence-electron chi connectivity index (χ4n) is 1.97. The third kappa shape index (κ3) is 3.81. The molecule has 0 heterocycles. The second-order valence-corrected chi connectivity index (χ2v) is 4.52. The van der Waals surface area contributed by atoms with E-state index in [9.17, 15) is 0 Å². The zero-order valence-electron chi connectivity index (χ0n) is 10.7. The molecule has 2 aromatic carbocycles. The van der Waals surface area contributed by atoms with Crippen molar-refractivity contribution in [3.63, 3.8) is 0 Å². The van der Waals surface area contributed by atoms with Crippen LogP contribution in [0.1, 0.15) is 17.5 Å². The Labute approximate surface area is 108 Å². The highest BCUT2D eigenvalue weighted by Gasteiger charge is 1.98. The molecular formula is C16H19NO. The lowest BCUT2D eigenvalue weighted by molar-refractivity contribution is 0.311. The zero-order valence-corrected chi connectivity index (χ0v) is 10.7. The van der Waals surface area contributed by atoms with Crippen LogP contribution in [0.2, 0.25) is 0 Å². The average molecular weight is 241 g/mol. The van der Waals surface area contributed by atoms with Gasteiger partial charge in [-0.2, -0.15) is 0 Å². The fourth-order valence-corrected chi connectivity index (χ4v) is 1.97. The minimum absolute atomic E-state index is 0.720. The van der Waals surface area contributed by atoms with Gasteiger partial charge in [0.1, 0.15) is 5.75 Å². The highest BCUT2D eigenvalue weighted by molar-refractivity contribution is 5.47. The molecule has 94 valence electrons. The minimum atomic E-state index is 0.720. The molecule has 2 N–H and O–H groups in total. The molecule has 0 aliphatic heterocycles. The maximum Gasteiger partial charge on any atom is 0.121 e. The highest BCUT2D eigenvalue weighted by atomic mass is 16.5. The Morgan fingerprint density at radius 3 is 2.56 bits per heavy atom. The SMILES string of the molecule is Cc1cc(N)cc(OCCCc2ccccc2)c1. The maximum absolute atomic E-state index is 5.77. The van der Waals surface area contributed by atoms with E-state index >= 15 is 0 Å². The lowest BCUT2D eigenvalue weighted by atomic mass is 10.1. The standard InChI is InChI=1S/C16H19NO/c1-13-10-15(17)12-16(11-13)18-9-5-8-14-6-3-2-4-7-14/h2-4,6-7,10-12H,5,8-9,17H2,1H3. The van der Waals surface area contributed by atoms with Crippen LogP contribution in [0.5, 0.6) is 5.75 Å². The van der Waals surface area contributed by atoms with Crippen LogP contribution in [0.25, 0.3) is 0 Å². The van der Waals surface area contributed by atoms with E-state index in [1.165, 1.54) is 5.56 Å². The Balaban J connectivity index is 1.78. The molecule has 0 saturated carbocycles. The number of benzene rings is 2. The van der Waals surface area contributed by atoms with Gasteiger partial charge in [0, 0.05) is 11.8 Å². The van der Waals surface area contributed by atoms with Gasteiger partial charge >= 0.3 is 0 Å². The highest BCUT2D eigenvalue weighted by Crippen LogP contribution is 2.18. The predicted molar refractivity (Wildman–Crippen MR) is 75.8 cm³/mol. The van der Waals surface area contributed by atoms with Gasteiger partial charge in [-0.15, -0.1) is 0 Å². The molecule has 0 radical (unpaired) electrons. The van der Waals surface area contributed by atoms with Crippen molar-refractivity contribution < 1.29 is 4.74 Å². The van der Waals surface area contributed by atoms with Crippen molar-refractivity contribution in [1.29, 1.82) is 0 Å². The van der Waals surface area contributed by atoms with E-state index in [2.05, 4.69) is 24.3 Å². The summed E-state index contributed by atoms with van der Waals surface area (Å²) in [5.74, 6) is 0.862. The van der Waals surface area contributed by atoms with Crippen LogP contribution in [0.15, 0.2) is 48.5 Å². The third-order valence-corrected chi connectivity index (χ3v) is 2.79. The first kappa shape index (κ1) is 12.5. The quantitative estimate of drug-likeness (QED) is 0.641. The normalized spacial score (nSPS) is 10.3. The molecular weight excluding hydrogens is 222 g/mol. The van der Waals surface area contributed by atoms with Gasteiger partial charge in [-0.25, -0.2) is 0 Å². The van der Waals surface area contributed by atoms with Crippen LogP contribution < -0.4 is 10.5 Å². The molecule has 0 atom stereocenters. The third-order valence-electron chi connectivity index (χ3n) is 2.79. The molecule has 0 spiro atoms. The summed E-state index contributed by atoms with van der Waals surface area (Å²) >= 11 is 0. The number of rotatable bonds is 5. The topological polar surface area (TPSA) is 35.2 Å². The number of aryl methyl sites for hydroxylation is 2. The molecule has 0 aromatic heterocycles. The maximum atomic E-state index is 5.77. The van der Waals surface area contributed by atoms with E-state index in [0.717, 1.165) is 36.4 Å². The van der Waals surface area contributed by atoms with Gasteiger partial charge in [0.15, 0.2) is 0 Å². The van der Waals surface area contributed by atoms with Crippen molar-refractivity contribution in [2.75, 3.05) is 12.3 Å². The van der Waals surface area contributed by atoms with E-state index in [1.54, 1.807) is 0 Å². The van der Waals surface area contributed by atoms with E-state index in [0.29, 0.717) is 0 Å². The molecule has 0 unspecified atom stereocenters. The van der Waals surface area contributed by atoms with Crippen molar-refractivity contribution in [3.05, 3.63) is 59.7 Å². The first-order valence-corrected chi connectivity index (χ1v) is 6.28. The Hall–Kier alpha value is -1.96. The van der Waals surface area contributed by atoms with Crippen molar-refractivity contribution >= 4 is 5.69 Å². The van der Waals surface area contributed by atoms with Gasteiger partial charge in [-0.05, 0) is 43.0 Å². The Morgan fingerprint density at radius 1 is 1.06 bits per heavy atom. The molecule has 2 rings (SSSR count). The number of anilines is 1. The van der Waals surface area contributed by atoms with Crippen LogP contribution in [0.3, 0.4) is 0 Å². The molecule has 2 heteroatoms. The monoisotopic (exact) mass is 241 g/mol. The zero-order chi connectivity index (χ0) is 12.8. The summed E-state index contributed by atoms with van der Waals surface area (Å²) in [7, 11) is 0. The summed E-state index contributed by atoms with van der Waals surface area (Å²) in [6.07, 6.45) is 2.06. The summed E-state index contributed by atoms with van der Waals surface area (Å²) in [5, 5.41) is 0. The van der Waals surface area contributed by atoms with Crippen molar-refractivity contribution in [2.24, 2.45) is 0 Å². The predicted octanol–water partition coefficient (Wildman–Crippen LogP) is 3.59. The Morgan fingerprint density at radius 2 is 1.83 bits per heavy atom. The second kappa shape index (κ2) is 6.10. The number of hydrogen-bond donors (Lipinski definition) is 1. The average Bonchev–Trinajstić information content (AvgIpc) is 2.35. The number of hydrogen-bond acceptors (Lipinski definition) is 2. The number of ether oxygens (including phenoxy) is 1. The lowest BCUT2D eigenvalue weighted by Crippen LogP contribution is -2.00. The van der Waals surface area contributed by atoms with Gasteiger partial charge in [0.05, 0.1) is 6.61 Å². The largest absolute Gasteiger partial charge is 0.493 e. The summed E-state index contributed by atoms with van der Waals surface area (Å²) < 4.78 is 5.71. The van der Waals surface area contributed by atoms with E-state index in [1.807, 2.05) is 31.2 Å². The number of nitrogens with two attached hydrogens (primary N) is 1. The van der Waals surface area contributed by atoms with Crippen molar-refractivity contribution in [1.82, 2.24) is 0 Å². The molecule has 0 aliphatic rings. The Kier molecular flexibility index (Phi) is 4.24. The summed E-state index contributed by atoms with van der Waals surface area (Å²) in [6.45, 7) is 2.74. The van der Waals surface area contributed by atoms with Crippen LogP contribution in [0.4, 0.5) is 5.69 Å². The van der Waals surface area contributed by atoms with Crippen LogP contribution in [-0.4, -0.2) is 6.61 Å². The molecule has 0 aliphatic carbocycles. The molecule has 0 amide bonds. The molecule has 18 heavy (non-hydrogen) atoms. The first-order valence-electron chi connectivity index (χ1n) is 6.28. The summed E-state index contributed by atoms with van der Waals surface area (Å²) in [5.41, 5.74) is 9.02. The molecule has 0 saturated heterocycles. The Bertz CT molecular complexity index is 473. The van der Waals surface area contributed by atoms with Gasteiger partial charge in [-0.1, -0.05) is 30.3 Å². The fraction of sp³-hybridized carbons (Fsp3) is 0.250. The summed E-state index contributed by atoms with van der Waals surface area (Å²) in [6, 6.07) is 16.3. The van der Waals surface area contributed by atoms with Crippen LogP contribution in [0, 0.1) is 6.92 Å². The van der Waals surface area contributed by atoms with Crippen LogP contribution >= 0.6 is 0 Å². The van der Waals surface area contributed by atoms with Gasteiger partial charge in [0.25, 0.3) is 0 Å². The first-order chi connectivity index (χ1) is 8.74. The smallest absolute Gasteiger partial charge is 0.121 e. The van der Waals surface area contributed by atoms with E-state index in [-0.39, 0.29) is 0 Å². The lowest BCUT2D eigenvalue weighted by Gasteiger charge is -2.08.